The number of carboxylic acid groups (broad SMARTS) is 1. The maximum Gasteiger partial charge on any atom is 0.335 e. The molecule has 0 aliphatic rings. The summed E-state index contributed by atoms with van der Waals surface area (Å²) >= 11 is 0. The average Bonchev–Trinajstić information content (AvgIpc) is 2.28. The molecule has 1 atom stereocenters. The quantitative estimate of drug-likeness (QED) is 0.834. The van der Waals surface area contributed by atoms with Gasteiger partial charge in [-0.1, -0.05) is 12.1 Å². The van der Waals surface area contributed by atoms with E-state index in [4.69, 9.17) is 5.11 Å². The van der Waals surface area contributed by atoms with Crippen LogP contribution in [0.5, 0.6) is 0 Å². The molecule has 0 radical (unpaired) electrons. The van der Waals surface area contributed by atoms with Crippen LogP contribution in [0.2, 0.25) is 0 Å². The number of sulfonamides is 1. The Hall–Kier alpha value is -1.40. The molecule has 94 valence electrons. The molecule has 0 aliphatic carbocycles. The number of rotatable bonds is 5. The highest BCUT2D eigenvalue weighted by molar-refractivity contribution is 7.89. The topological polar surface area (TPSA) is 83.5 Å². The zero-order valence-corrected chi connectivity index (χ0v) is 10.5. The maximum absolute atomic E-state index is 11.4. The minimum atomic E-state index is -3.26. The summed E-state index contributed by atoms with van der Waals surface area (Å²) in [6.07, 6.45) is 0. The molecule has 2 N–H and O–H groups in total. The fourth-order valence-electron chi connectivity index (χ4n) is 1.34. The number of carbonyl (C=O) groups is 1. The molecular weight excluding hydrogens is 242 g/mol. The van der Waals surface area contributed by atoms with Crippen LogP contribution in [0.25, 0.3) is 0 Å². The van der Waals surface area contributed by atoms with E-state index >= 15 is 0 Å². The van der Waals surface area contributed by atoms with Crippen LogP contribution in [-0.4, -0.2) is 25.2 Å². The van der Waals surface area contributed by atoms with Gasteiger partial charge in [-0.25, -0.2) is 17.9 Å². The summed E-state index contributed by atoms with van der Waals surface area (Å²) in [5, 5.41) is 8.73. The molecule has 0 aromatic heterocycles. The Labute approximate surface area is 101 Å². The minimum Gasteiger partial charge on any atom is -0.478 e. The Morgan fingerprint density at radius 1 is 1.35 bits per heavy atom. The first-order valence-corrected chi connectivity index (χ1v) is 6.84. The number of hydrogen-bond acceptors (Lipinski definition) is 3. The molecule has 6 heteroatoms. The van der Waals surface area contributed by atoms with Crippen LogP contribution in [0.3, 0.4) is 0 Å². The molecule has 0 spiro atoms. The van der Waals surface area contributed by atoms with Gasteiger partial charge in [-0.05, 0) is 31.5 Å². The van der Waals surface area contributed by atoms with Crippen molar-refractivity contribution in [3.05, 3.63) is 35.4 Å². The average molecular weight is 257 g/mol. The second-order valence-corrected chi connectivity index (χ2v) is 5.71. The lowest BCUT2D eigenvalue weighted by Gasteiger charge is -2.13. The fourth-order valence-corrected chi connectivity index (χ4v) is 2.18. The van der Waals surface area contributed by atoms with E-state index in [1.54, 1.807) is 26.0 Å². The van der Waals surface area contributed by atoms with Crippen molar-refractivity contribution in [3.63, 3.8) is 0 Å². The van der Waals surface area contributed by atoms with Gasteiger partial charge < -0.3 is 5.11 Å². The normalized spacial score (nSPS) is 13.3. The van der Waals surface area contributed by atoms with Gasteiger partial charge in [0.25, 0.3) is 0 Å². The van der Waals surface area contributed by atoms with Crippen LogP contribution < -0.4 is 4.72 Å². The highest BCUT2D eigenvalue weighted by Gasteiger charge is 2.13. The first-order valence-electron chi connectivity index (χ1n) is 5.19. The standard InChI is InChI=1S/C11H15NO4S/c1-3-17(15,16)12-8(2)9-4-6-10(7-5-9)11(13)14/h4-8,12H,3H2,1-2H3,(H,13,14). The van der Waals surface area contributed by atoms with Crippen molar-refractivity contribution in [1.82, 2.24) is 4.72 Å². The van der Waals surface area contributed by atoms with Gasteiger partial charge in [-0.15, -0.1) is 0 Å². The fraction of sp³-hybridized carbons (Fsp3) is 0.364. The molecule has 0 saturated carbocycles. The third-order valence-electron chi connectivity index (χ3n) is 2.39. The number of nitrogens with one attached hydrogen (secondary N) is 1. The lowest BCUT2D eigenvalue weighted by molar-refractivity contribution is 0.0697. The molecule has 0 heterocycles. The summed E-state index contributed by atoms with van der Waals surface area (Å²) in [6, 6.07) is 5.74. The molecule has 0 fully saturated rings. The lowest BCUT2D eigenvalue weighted by Crippen LogP contribution is -2.28. The van der Waals surface area contributed by atoms with Gasteiger partial charge in [0, 0.05) is 6.04 Å². The molecule has 0 amide bonds. The van der Waals surface area contributed by atoms with E-state index in [0.29, 0.717) is 0 Å². The SMILES string of the molecule is CCS(=O)(=O)NC(C)c1ccc(C(=O)O)cc1. The molecule has 1 aromatic carbocycles. The molecule has 5 nitrogen and oxygen atoms in total. The van der Waals surface area contributed by atoms with Crippen LogP contribution in [0, 0.1) is 0 Å². The van der Waals surface area contributed by atoms with Gasteiger partial charge in [-0.3, -0.25) is 0 Å². The Morgan fingerprint density at radius 2 is 1.88 bits per heavy atom. The minimum absolute atomic E-state index is 0.0184. The zero-order chi connectivity index (χ0) is 13.1. The summed E-state index contributed by atoms with van der Waals surface area (Å²) in [6.45, 7) is 3.27. The predicted molar refractivity (Wildman–Crippen MR) is 64.4 cm³/mol. The first kappa shape index (κ1) is 13.7. The van der Waals surface area contributed by atoms with Crippen LogP contribution in [-0.2, 0) is 10.0 Å². The Morgan fingerprint density at radius 3 is 2.29 bits per heavy atom. The summed E-state index contributed by atoms with van der Waals surface area (Å²) in [5.41, 5.74) is 0.909. The highest BCUT2D eigenvalue weighted by atomic mass is 32.2. The smallest absolute Gasteiger partial charge is 0.335 e. The van der Waals surface area contributed by atoms with Crippen LogP contribution in [0.15, 0.2) is 24.3 Å². The van der Waals surface area contributed by atoms with Crippen molar-refractivity contribution in [2.75, 3.05) is 5.75 Å². The van der Waals surface area contributed by atoms with E-state index in [9.17, 15) is 13.2 Å². The Balaban J connectivity index is 2.83. The van der Waals surface area contributed by atoms with Crippen molar-refractivity contribution in [3.8, 4) is 0 Å². The maximum atomic E-state index is 11.4. The molecule has 17 heavy (non-hydrogen) atoms. The van der Waals surface area contributed by atoms with E-state index in [1.807, 2.05) is 0 Å². The second kappa shape index (κ2) is 5.29. The van der Waals surface area contributed by atoms with Crippen molar-refractivity contribution < 1.29 is 18.3 Å². The molecule has 0 saturated heterocycles. The second-order valence-electron chi connectivity index (χ2n) is 3.67. The monoisotopic (exact) mass is 257 g/mol. The Bertz CT molecular complexity index is 493. The molecule has 1 unspecified atom stereocenters. The van der Waals surface area contributed by atoms with Crippen LogP contribution in [0.4, 0.5) is 0 Å². The number of carboxylic acids is 1. The van der Waals surface area contributed by atoms with E-state index in [0.717, 1.165) is 5.56 Å². The molecule has 0 aliphatic heterocycles. The Kier molecular flexibility index (Phi) is 4.25. The highest BCUT2D eigenvalue weighted by Crippen LogP contribution is 2.14. The predicted octanol–water partition coefficient (Wildman–Crippen LogP) is 1.39. The third kappa shape index (κ3) is 3.83. The van der Waals surface area contributed by atoms with Gasteiger partial charge in [-0.2, -0.15) is 0 Å². The number of benzene rings is 1. The van der Waals surface area contributed by atoms with E-state index in [-0.39, 0.29) is 17.4 Å². The third-order valence-corrected chi connectivity index (χ3v) is 3.87. The lowest BCUT2D eigenvalue weighted by atomic mass is 10.1. The van der Waals surface area contributed by atoms with E-state index in [1.165, 1.54) is 12.1 Å². The van der Waals surface area contributed by atoms with Crippen LogP contribution in [0.1, 0.15) is 35.8 Å². The molecule has 1 rings (SSSR count). The van der Waals surface area contributed by atoms with E-state index in [2.05, 4.69) is 4.72 Å². The summed E-state index contributed by atoms with van der Waals surface area (Å²) in [4.78, 5) is 10.6. The van der Waals surface area contributed by atoms with Crippen molar-refractivity contribution in [2.45, 2.75) is 19.9 Å². The molecule has 0 bridgehead atoms. The summed E-state index contributed by atoms with van der Waals surface area (Å²) in [5.74, 6) is -0.983. The van der Waals surface area contributed by atoms with Gasteiger partial charge in [0.15, 0.2) is 0 Å². The molecular formula is C11H15NO4S. The van der Waals surface area contributed by atoms with Gasteiger partial charge >= 0.3 is 5.97 Å². The number of hydrogen-bond donors (Lipinski definition) is 2. The van der Waals surface area contributed by atoms with Gasteiger partial charge in [0.05, 0.1) is 11.3 Å². The largest absolute Gasteiger partial charge is 0.478 e. The van der Waals surface area contributed by atoms with Crippen molar-refractivity contribution in [1.29, 1.82) is 0 Å². The zero-order valence-electron chi connectivity index (χ0n) is 9.67. The van der Waals surface area contributed by atoms with Gasteiger partial charge in [0.2, 0.25) is 10.0 Å². The summed E-state index contributed by atoms with van der Waals surface area (Å²) in [7, 11) is -3.26. The van der Waals surface area contributed by atoms with Gasteiger partial charge in [0.1, 0.15) is 0 Å². The van der Waals surface area contributed by atoms with Crippen molar-refractivity contribution >= 4 is 16.0 Å². The van der Waals surface area contributed by atoms with Crippen molar-refractivity contribution in [2.24, 2.45) is 0 Å². The number of aromatic carboxylic acids is 1. The first-order chi connectivity index (χ1) is 7.85. The van der Waals surface area contributed by atoms with E-state index < -0.39 is 16.0 Å². The summed E-state index contributed by atoms with van der Waals surface area (Å²) < 4.78 is 25.2. The van der Waals surface area contributed by atoms with Crippen LogP contribution >= 0.6 is 0 Å². The molecule has 1 aromatic rings.